The van der Waals surface area contributed by atoms with Crippen LogP contribution < -0.4 is 0 Å². The van der Waals surface area contributed by atoms with Crippen LogP contribution in [0.5, 0.6) is 0 Å². The van der Waals surface area contributed by atoms with Crippen molar-refractivity contribution in [3.05, 3.63) is 41.0 Å². The third-order valence-corrected chi connectivity index (χ3v) is 2.46. The molecule has 1 rings (SSSR count). The van der Waals surface area contributed by atoms with Gasteiger partial charge in [0, 0.05) is 0 Å². The molecule has 0 heterocycles. The van der Waals surface area contributed by atoms with E-state index in [0.717, 1.165) is 5.56 Å². The van der Waals surface area contributed by atoms with E-state index >= 15 is 0 Å². The first-order valence-electron chi connectivity index (χ1n) is 4.94. The minimum Gasteiger partial charge on any atom is -0.469 e. The average molecular weight is 204 g/mol. The highest BCUT2D eigenvalue weighted by atomic mass is 16.5. The molecule has 15 heavy (non-hydrogen) atoms. The summed E-state index contributed by atoms with van der Waals surface area (Å²) in [6.07, 6.45) is 4.11. The maximum Gasteiger partial charge on any atom is 0.309 e. The minimum atomic E-state index is -0.212. The second-order valence-electron chi connectivity index (χ2n) is 3.47. The molecule has 0 bridgehead atoms. The second kappa shape index (κ2) is 5.35. The van der Waals surface area contributed by atoms with Crippen LogP contribution in [0.4, 0.5) is 0 Å². The van der Waals surface area contributed by atoms with Crippen LogP contribution in [0, 0.1) is 13.8 Å². The van der Waals surface area contributed by atoms with E-state index in [-0.39, 0.29) is 5.97 Å². The summed E-state index contributed by atoms with van der Waals surface area (Å²) in [5, 5.41) is 0. The zero-order valence-corrected chi connectivity index (χ0v) is 9.41. The molecule has 1 aromatic rings. The van der Waals surface area contributed by atoms with Gasteiger partial charge in [-0.05, 0) is 30.5 Å². The number of aryl methyl sites for hydroxylation is 1. The van der Waals surface area contributed by atoms with Gasteiger partial charge < -0.3 is 4.74 Å². The van der Waals surface area contributed by atoms with E-state index in [1.807, 2.05) is 24.3 Å². The molecule has 0 amide bonds. The molecule has 0 saturated heterocycles. The third-order valence-electron chi connectivity index (χ3n) is 2.46. The smallest absolute Gasteiger partial charge is 0.309 e. The van der Waals surface area contributed by atoms with Gasteiger partial charge in [-0.25, -0.2) is 0 Å². The van der Waals surface area contributed by atoms with Crippen molar-refractivity contribution in [2.45, 2.75) is 20.3 Å². The number of hydrogen-bond donors (Lipinski definition) is 0. The maximum atomic E-state index is 10.9. The Hall–Kier alpha value is -1.57. The highest BCUT2D eigenvalue weighted by Gasteiger charge is 1.97. The number of methoxy groups -OCH3 is 1. The van der Waals surface area contributed by atoms with E-state index in [9.17, 15) is 4.79 Å². The average Bonchev–Trinajstić information content (AvgIpc) is 2.24. The molecule has 2 heteroatoms. The van der Waals surface area contributed by atoms with Crippen molar-refractivity contribution in [1.82, 2.24) is 0 Å². The van der Waals surface area contributed by atoms with E-state index < -0.39 is 0 Å². The van der Waals surface area contributed by atoms with Crippen LogP contribution in [0.3, 0.4) is 0 Å². The molecule has 0 aliphatic carbocycles. The lowest BCUT2D eigenvalue weighted by molar-refractivity contribution is -0.139. The topological polar surface area (TPSA) is 26.3 Å². The molecule has 0 aliphatic rings. The highest BCUT2D eigenvalue weighted by Crippen LogP contribution is 2.14. The predicted molar refractivity (Wildman–Crippen MR) is 61.6 cm³/mol. The Balaban J connectivity index is 2.72. The van der Waals surface area contributed by atoms with Gasteiger partial charge in [-0.2, -0.15) is 0 Å². The zero-order chi connectivity index (χ0) is 11.3. The SMILES string of the molecule is COC(=O)CC=Cc1cccc(C)c1C. The van der Waals surface area contributed by atoms with Gasteiger partial charge in [0.05, 0.1) is 13.5 Å². The summed E-state index contributed by atoms with van der Waals surface area (Å²) < 4.78 is 4.55. The van der Waals surface area contributed by atoms with Crippen LogP contribution in [0.15, 0.2) is 24.3 Å². The summed E-state index contributed by atoms with van der Waals surface area (Å²) in [7, 11) is 1.40. The first-order chi connectivity index (χ1) is 7.15. The van der Waals surface area contributed by atoms with Gasteiger partial charge >= 0.3 is 5.97 Å². The summed E-state index contributed by atoms with van der Waals surface area (Å²) in [4.78, 5) is 10.9. The molecule has 0 spiro atoms. The summed E-state index contributed by atoms with van der Waals surface area (Å²) >= 11 is 0. The number of hydrogen-bond acceptors (Lipinski definition) is 2. The van der Waals surface area contributed by atoms with Gasteiger partial charge in [0.25, 0.3) is 0 Å². The van der Waals surface area contributed by atoms with Gasteiger partial charge in [0.1, 0.15) is 0 Å². The van der Waals surface area contributed by atoms with Gasteiger partial charge in [0.15, 0.2) is 0 Å². The summed E-state index contributed by atoms with van der Waals surface area (Å²) in [5.74, 6) is -0.212. The Morgan fingerprint density at radius 1 is 1.40 bits per heavy atom. The Bertz CT molecular complexity index is 378. The molecule has 0 fully saturated rings. The molecule has 1 aromatic carbocycles. The van der Waals surface area contributed by atoms with Crippen LogP contribution in [-0.4, -0.2) is 13.1 Å². The van der Waals surface area contributed by atoms with Crippen LogP contribution >= 0.6 is 0 Å². The van der Waals surface area contributed by atoms with E-state index in [1.165, 1.54) is 18.2 Å². The van der Waals surface area contributed by atoms with Crippen molar-refractivity contribution in [3.8, 4) is 0 Å². The monoisotopic (exact) mass is 204 g/mol. The van der Waals surface area contributed by atoms with E-state index in [2.05, 4.69) is 24.7 Å². The lowest BCUT2D eigenvalue weighted by Crippen LogP contribution is -1.96. The quantitative estimate of drug-likeness (QED) is 0.708. The standard InChI is InChI=1S/C13H16O2/c1-10-6-4-7-12(11(10)2)8-5-9-13(14)15-3/h4-8H,9H2,1-3H3. The fraction of sp³-hybridized carbons (Fsp3) is 0.308. The number of rotatable bonds is 3. The van der Waals surface area contributed by atoms with Gasteiger partial charge in [-0.1, -0.05) is 30.4 Å². The van der Waals surface area contributed by atoms with Crippen molar-refractivity contribution in [2.75, 3.05) is 7.11 Å². The summed E-state index contributed by atoms with van der Waals surface area (Å²) in [6, 6.07) is 6.13. The Labute approximate surface area is 90.6 Å². The van der Waals surface area contributed by atoms with E-state index in [1.54, 1.807) is 0 Å². The number of carbonyl (C=O) groups is 1. The fourth-order valence-electron chi connectivity index (χ4n) is 1.32. The fourth-order valence-corrected chi connectivity index (χ4v) is 1.32. The molecular weight excluding hydrogens is 188 g/mol. The normalized spacial score (nSPS) is 10.6. The Kier molecular flexibility index (Phi) is 4.10. The zero-order valence-electron chi connectivity index (χ0n) is 9.41. The lowest BCUT2D eigenvalue weighted by Gasteiger charge is -2.03. The lowest BCUT2D eigenvalue weighted by atomic mass is 10.0. The number of esters is 1. The van der Waals surface area contributed by atoms with Crippen molar-refractivity contribution in [1.29, 1.82) is 0 Å². The molecule has 0 radical (unpaired) electrons. The predicted octanol–water partition coefficient (Wildman–Crippen LogP) is 2.88. The van der Waals surface area contributed by atoms with Crippen LogP contribution in [0.1, 0.15) is 23.1 Å². The van der Waals surface area contributed by atoms with E-state index in [4.69, 9.17) is 0 Å². The van der Waals surface area contributed by atoms with Gasteiger partial charge in [-0.3, -0.25) is 4.79 Å². The van der Waals surface area contributed by atoms with Gasteiger partial charge in [0.2, 0.25) is 0 Å². The van der Waals surface area contributed by atoms with Crippen molar-refractivity contribution in [2.24, 2.45) is 0 Å². The Morgan fingerprint density at radius 3 is 2.80 bits per heavy atom. The molecule has 0 aromatic heterocycles. The van der Waals surface area contributed by atoms with Crippen LogP contribution in [0.2, 0.25) is 0 Å². The van der Waals surface area contributed by atoms with Crippen molar-refractivity contribution < 1.29 is 9.53 Å². The molecular formula is C13H16O2. The second-order valence-corrected chi connectivity index (χ2v) is 3.47. The molecule has 2 nitrogen and oxygen atoms in total. The Morgan fingerprint density at radius 2 is 2.13 bits per heavy atom. The molecule has 80 valence electrons. The van der Waals surface area contributed by atoms with E-state index in [0.29, 0.717) is 6.42 Å². The third kappa shape index (κ3) is 3.24. The molecule has 0 N–H and O–H groups in total. The van der Waals surface area contributed by atoms with Crippen LogP contribution in [-0.2, 0) is 9.53 Å². The summed E-state index contributed by atoms with van der Waals surface area (Å²) in [5.41, 5.74) is 3.66. The van der Waals surface area contributed by atoms with Crippen molar-refractivity contribution >= 4 is 12.0 Å². The number of benzene rings is 1. The van der Waals surface area contributed by atoms with Crippen LogP contribution in [0.25, 0.3) is 6.08 Å². The molecule has 0 unspecified atom stereocenters. The minimum absolute atomic E-state index is 0.212. The largest absolute Gasteiger partial charge is 0.469 e. The van der Waals surface area contributed by atoms with Crippen molar-refractivity contribution in [3.63, 3.8) is 0 Å². The molecule has 0 saturated carbocycles. The highest BCUT2D eigenvalue weighted by molar-refractivity contribution is 5.72. The van der Waals surface area contributed by atoms with Gasteiger partial charge in [-0.15, -0.1) is 0 Å². The number of carbonyl (C=O) groups excluding carboxylic acids is 1. The maximum absolute atomic E-state index is 10.9. The first kappa shape index (κ1) is 11.5. The number of ether oxygens (including phenoxy) is 1. The first-order valence-corrected chi connectivity index (χ1v) is 4.94. The molecule has 0 aliphatic heterocycles. The summed E-state index contributed by atoms with van der Waals surface area (Å²) in [6.45, 7) is 4.15. The molecule has 0 atom stereocenters.